The number of nitrogens with one attached hydrogen (secondary N) is 2. The lowest BCUT2D eigenvalue weighted by Crippen LogP contribution is -2.18. The lowest BCUT2D eigenvalue weighted by atomic mass is 10.2. The van der Waals surface area contributed by atoms with E-state index in [0.29, 0.717) is 11.3 Å². The van der Waals surface area contributed by atoms with Gasteiger partial charge in [-0.15, -0.1) is 0 Å². The topological polar surface area (TPSA) is 114 Å². The van der Waals surface area contributed by atoms with E-state index in [1.54, 1.807) is 18.2 Å². The van der Waals surface area contributed by atoms with Gasteiger partial charge in [0.25, 0.3) is 11.8 Å². The molecule has 0 fully saturated rings. The molecule has 2 amide bonds. The van der Waals surface area contributed by atoms with Crippen LogP contribution in [0.25, 0.3) is 0 Å². The largest absolute Gasteiger partial charge is 0.433 e. The van der Waals surface area contributed by atoms with E-state index in [0.717, 1.165) is 6.07 Å². The van der Waals surface area contributed by atoms with Gasteiger partial charge >= 0.3 is 5.88 Å². The van der Waals surface area contributed by atoms with Crippen LogP contribution in [0.5, 0.6) is 0 Å². The fourth-order valence-electron chi connectivity index (χ4n) is 1.62. The van der Waals surface area contributed by atoms with Gasteiger partial charge in [0.1, 0.15) is 4.92 Å². The molecule has 0 saturated heterocycles. The van der Waals surface area contributed by atoms with Gasteiger partial charge < -0.3 is 15.1 Å². The summed E-state index contributed by atoms with van der Waals surface area (Å²) >= 11 is 0. The molecule has 21 heavy (non-hydrogen) atoms. The SMILES string of the molecule is CNC(=O)c1cccc(NC(=O)c2ccc([N+](=O)[O-])o2)c1. The van der Waals surface area contributed by atoms with E-state index in [2.05, 4.69) is 10.6 Å². The van der Waals surface area contributed by atoms with E-state index >= 15 is 0 Å². The molecular formula is C13H11N3O5. The zero-order chi connectivity index (χ0) is 15.4. The van der Waals surface area contributed by atoms with Crippen molar-refractivity contribution >= 4 is 23.4 Å². The van der Waals surface area contributed by atoms with Crippen molar-refractivity contribution in [2.45, 2.75) is 0 Å². The van der Waals surface area contributed by atoms with Crippen LogP contribution >= 0.6 is 0 Å². The van der Waals surface area contributed by atoms with E-state index in [4.69, 9.17) is 4.42 Å². The maximum absolute atomic E-state index is 11.9. The Balaban J connectivity index is 2.15. The highest BCUT2D eigenvalue weighted by molar-refractivity contribution is 6.03. The highest BCUT2D eigenvalue weighted by Crippen LogP contribution is 2.17. The first-order chi connectivity index (χ1) is 10.0. The number of nitro groups is 1. The lowest BCUT2D eigenvalue weighted by molar-refractivity contribution is -0.402. The van der Waals surface area contributed by atoms with Gasteiger partial charge in [0.2, 0.25) is 0 Å². The first-order valence-corrected chi connectivity index (χ1v) is 5.89. The number of hydrogen-bond acceptors (Lipinski definition) is 5. The fourth-order valence-corrected chi connectivity index (χ4v) is 1.62. The third-order valence-corrected chi connectivity index (χ3v) is 2.61. The van der Waals surface area contributed by atoms with Gasteiger partial charge in [0.05, 0.1) is 6.07 Å². The monoisotopic (exact) mass is 289 g/mol. The van der Waals surface area contributed by atoms with Crippen molar-refractivity contribution in [2.24, 2.45) is 0 Å². The number of anilines is 1. The van der Waals surface area contributed by atoms with Crippen LogP contribution in [-0.2, 0) is 0 Å². The molecule has 108 valence electrons. The molecule has 0 aliphatic rings. The van der Waals surface area contributed by atoms with Gasteiger partial charge in [-0.25, -0.2) is 0 Å². The normalized spacial score (nSPS) is 9.95. The van der Waals surface area contributed by atoms with Crippen LogP contribution in [0, 0.1) is 10.1 Å². The standard InChI is InChI=1S/C13H11N3O5/c1-14-12(17)8-3-2-4-9(7-8)15-13(18)10-5-6-11(21-10)16(19)20/h2-7H,1H3,(H,14,17)(H,15,18). The minimum absolute atomic E-state index is 0.188. The Morgan fingerprint density at radius 2 is 1.95 bits per heavy atom. The molecular weight excluding hydrogens is 278 g/mol. The maximum atomic E-state index is 11.9. The first-order valence-electron chi connectivity index (χ1n) is 5.89. The second-order valence-electron chi connectivity index (χ2n) is 4.01. The summed E-state index contributed by atoms with van der Waals surface area (Å²) in [5.74, 6) is -1.64. The summed E-state index contributed by atoms with van der Waals surface area (Å²) in [6.07, 6.45) is 0. The molecule has 2 N–H and O–H groups in total. The Morgan fingerprint density at radius 3 is 2.57 bits per heavy atom. The van der Waals surface area contributed by atoms with Crippen LogP contribution in [0.2, 0.25) is 0 Å². The summed E-state index contributed by atoms with van der Waals surface area (Å²) in [6.45, 7) is 0. The predicted octanol–water partition coefficient (Wildman–Crippen LogP) is 1.80. The Hall–Kier alpha value is -3.16. The molecule has 1 aromatic heterocycles. The van der Waals surface area contributed by atoms with Crippen molar-refractivity contribution in [1.29, 1.82) is 0 Å². The predicted molar refractivity (Wildman–Crippen MR) is 73.1 cm³/mol. The van der Waals surface area contributed by atoms with Crippen molar-refractivity contribution in [3.63, 3.8) is 0 Å². The third-order valence-electron chi connectivity index (χ3n) is 2.61. The maximum Gasteiger partial charge on any atom is 0.433 e. The molecule has 0 aliphatic carbocycles. The van der Waals surface area contributed by atoms with Crippen LogP contribution in [0.1, 0.15) is 20.9 Å². The van der Waals surface area contributed by atoms with Gasteiger partial charge in [-0.2, -0.15) is 0 Å². The summed E-state index contributed by atoms with van der Waals surface area (Å²) in [7, 11) is 1.50. The first kappa shape index (κ1) is 14.3. The van der Waals surface area contributed by atoms with Crippen LogP contribution in [0.4, 0.5) is 11.6 Å². The average molecular weight is 289 g/mol. The van der Waals surface area contributed by atoms with Gasteiger partial charge in [0, 0.05) is 18.3 Å². The second kappa shape index (κ2) is 5.87. The minimum atomic E-state index is -0.733. The second-order valence-corrected chi connectivity index (χ2v) is 4.01. The molecule has 8 nitrogen and oxygen atoms in total. The van der Waals surface area contributed by atoms with E-state index in [9.17, 15) is 19.7 Å². The van der Waals surface area contributed by atoms with Crippen LogP contribution in [-0.4, -0.2) is 23.8 Å². The van der Waals surface area contributed by atoms with Crippen molar-refractivity contribution in [1.82, 2.24) is 5.32 Å². The van der Waals surface area contributed by atoms with Gasteiger partial charge in [-0.1, -0.05) is 6.07 Å². The Bertz CT molecular complexity index is 707. The zero-order valence-corrected chi connectivity index (χ0v) is 11.0. The molecule has 0 spiro atoms. The fraction of sp³-hybridized carbons (Fsp3) is 0.0769. The number of carbonyl (C=O) groups excluding carboxylic acids is 2. The van der Waals surface area contributed by atoms with Gasteiger partial charge in [0.15, 0.2) is 5.76 Å². The van der Waals surface area contributed by atoms with Gasteiger partial charge in [-0.3, -0.25) is 19.7 Å². The van der Waals surface area contributed by atoms with Crippen molar-refractivity contribution in [2.75, 3.05) is 12.4 Å². The van der Waals surface area contributed by atoms with Crippen LogP contribution in [0.15, 0.2) is 40.8 Å². The number of benzene rings is 1. The molecule has 1 heterocycles. The number of rotatable bonds is 4. The summed E-state index contributed by atoms with van der Waals surface area (Å²) in [5, 5.41) is 15.4. The highest BCUT2D eigenvalue weighted by atomic mass is 16.6. The zero-order valence-electron chi connectivity index (χ0n) is 11.0. The summed E-state index contributed by atoms with van der Waals surface area (Å²) in [5.41, 5.74) is 0.751. The molecule has 0 unspecified atom stereocenters. The third kappa shape index (κ3) is 3.24. The van der Waals surface area contributed by atoms with Crippen LogP contribution < -0.4 is 10.6 Å². The molecule has 0 bridgehead atoms. The number of amides is 2. The molecule has 2 aromatic rings. The van der Waals surface area contributed by atoms with Gasteiger partial charge in [-0.05, 0) is 24.3 Å². The highest BCUT2D eigenvalue weighted by Gasteiger charge is 2.17. The summed E-state index contributed by atoms with van der Waals surface area (Å²) < 4.78 is 4.79. The van der Waals surface area contributed by atoms with E-state index in [1.165, 1.54) is 19.2 Å². The molecule has 0 radical (unpaired) electrons. The van der Waals surface area contributed by atoms with E-state index in [1.807, 2.05) is 0 Å². The number of carbonyl (C=O) groups is 2. The summed E-state index contributed by atoms with van der Waals surface area (Å²) in [6, 6.07) is 8.55. The van der Waals surface area contributed by atoms with E-state index < -0.39 is 16.7 Å². The molecule has 8 heteroatoms. The average Bonchev–Trinajstić information content (AvgIpc) is 2.97. The molecule has 0 atom stereocenters. The quantitative estimate of drug-likeness (QED) is 0.658. The minimum Gasteiger partial charge on any atom is -0.395 e. The van der Waals surface area contributed by atoms with Crippen molar-refractivity contribution in [3.05, 3.63) is 57.8 Å². The van der Waals surface area contributed by atoms with Crippen molar-refractivity contribution in [3.8, 4) is 0 Å². The van der Waals surface area contributed by atoms with Crippen molar-refractivity contribution < 1.29 is 18.9 Å². The number of nitrogens with zero attached hydrogens (tertiary/aromatic N) is 1. The lowest BCUT2D eigenvalue weighted by Gasteiger charge is -2.05. The molecule has 2 rings (SSSR count). The molecule has 0 saturated carbocycles. The Kier molecular flexibility index (Phi) is 3.98. The van der Waals surface area contributed by atoms with E-state index in [-0.39, 0.29) is 11.7 Å². The molecule has 1 aromatic carbocycles. The molecule has 0 aliphatic heterocycles. The summed E-state index contributed by atoms with van der Waals surface area (Å²) in [4.78, 5) is 33.1. The Labute approximate surface area is 118 Å². The number of hydrogen-bond donors (Lipinski definition) is 2. The smallest absolute Gasteiger partial charge is 0.395 e. The Morgan fingerprint density at radius 1 is 1.19 bits per heavy atom. The number of furan rings is 1. The van der Waals surface area contributed by atoms with Crippen LogP contribution in [0.3, 0.4) is 0 Å².